The van der Waals surface area contributed by atoms with Crippen molar-refractivity contribution in [1.29, 1.82) is 0 Å². The Balaban J connectivity index is 1.94. The van der Waals surface area contributed by atoms with Crippen LogP contribution < -0.4 is 15.6 Å². The van der Waals surface area contributed by atoms with Gasteiger partial charge in [0.05, 0.1) is 0 Å². The molecule has 0 atom stereocenters. The highest BCUT2D eigenvalue weighted by molar-refractivity contribution is 7.98. The maximum Gasteiger partial charge on any atom is 0.387 e. The molecule has 134 valence electrons. The van der Waals surface area contributed by atoms with Gasteiger partial charge >= 0.3 is 6.61 Å². The van der Waals surface area contributed by atoms with E-state index in [1.54, 1.807) is 6.92 Å². The third-order valence-corrected chi connectivity index (χ3v) is 3.94. The van der Waals surface area contributed by atoms with Crippen LogP contribution in [0.5, 0.6) is 5.75 Å². The van der Waals surface area contributed by atoms with Gasteiger partial charge in [-0.05, 0) is 43.9 Å². The van der Waals surface area contributed by atoms with Gasteiger partial charge < -0.3 is 15.0 Å². The summed E-state index contributed by atoms with van der Waals surface area (Å²) >= 11 is 1.33. The molecule has 0 aliphatic heterocycles. The summed E-state index contributed by atoms with van der Waals surface area (Å²) in [6.07, 6.45) is 2.16. The Bertz CT molecular complexity index is 794. The number of nitrogens with zero attached hydrogens (tertiary/aromatic N) is 1. The summed E-state index contributed by atoms with van der Waals surface area (Å²) in [7, 11) is 0. The number of hydrogen-bond donors (Lipinski definition) is 2. The molecule has 0 aliphatic carbocycles. The number of aryl methyl sites for hydroxylation is 1. The van der Waals surface area contributed by atoms with E-state index < -0.39 is 6.61 Å². The largest absolute Gasteiger partial charge is 0.435 e. The van der Waals surface area contributed by atoms with Crippen molar-refractivity contribution < 1.29 is 18.3 Å². The minimum atomic E-state index is -2.90. The molecule has 0 unspecified atom stereocenters. The number of ether oxygens (including phenoxy) is 1. The van der Waals surface area contributed by atoms with Gasteiger partial charge in [0.2, 0.25) is 5.91 Å². The fourth-order valence-corrected chi connectivity index (χ4v) is 2.58. The number of aromatic nitrogens is 2. The second-order valence-corrected chi connectivity index (χ2v) is 5.89. The Morgan fingerprint density at radius 1 is 1.36 bits per heavy atom. The quantitative estimate of drug-likeness (QED) is 0.579. The average Bonchev–Trinajstić information content (AvgIpc) is 2.55. The topological polar surface area (TPSA) is 84.1 Å². The van der Waals surface area contributed by atoms with Crippen molar-refractivity contribution in [2.45, 2.75) is 31.5 Å². The number of aromatic amines is 1. The summed E-state index contributed by atoms with van der Waals surface area (Å²) in [5.74, 6) is -0.287. The summed E-state index contributed by atoms with van der Waals surface area (Å²) in [4.78, 5) is 30.9. The van der Waals surface area contributed by atoms with Gasteiger partial charge in [-0.25, -0.2) is 4.98 Å². The third-order valence-electron chi connectivity index (χ3n) is 3.36. The summed E-state index contributed by atoms with van der Waals surface area (Å²) in [5.41, 5.74) is 1.26. The standard InChI is InChI=1S/C16H17F2N3O3S/c1-9-12(14(23)21-16(19-9)25-2)7-8-13(22)20-10-3-5-11(6-4-10)24-15(17)18/h3-6,15H,7-8H2,1-2H3,(H,20,22)(H,19,21,23). The van der Waals surface area contributed by atoms with Gasteiger partial charge in [0.25, 0.3) is 5.56 Å². The molecule has 0 saturated heterocycles. The van der Waals surface area contributed by atoms with Crippen LogP contribution in [0.3, 0.4) is 0 Å². The number of nitrogens with one attached hydrogen (secondary N) is 2. The van der Waals surface area contributed by atoms with E-state index in [0.717, 1.165) is 0 Å². The zero-order valence-electron chi connectivity index (χ0n) is 13.6. The highest BCUT2D eigenvalue weighted by Crippen LogP contribution is 2.18. The van der Waals surface area contributed by atoms with Crippen LogP contribution in [0.2, 0.25) is 0 Å². The molecule has 1 aromatic carbocycles. The Kier molecular flexibility index (Phi) is 6.51. The van der Waals surface area contributed by atoms with E-state index in [1.807, 2.05) is 6.26 Å². The van der Waals surface area contributed by atoms with E-state index in [2.05, 4.69) is 20.0 Å². The van der Waals surface area contributed by atoms with Gasteiger partial charge in [-0.2, -0.15) is 8.78 Å². The lowest BCUT2D eigenvalue weighted by atomic mass is 10.1. The van der Waals surface area contributed by atoms with E-state index in [-0.39, 0.29) is 30.1 Å². The first-order chi connectivity index (χ1) is 11.9. The van der Waals surface area contributed by atoms with Crippen LogP contribution in [-0.4, -0.2) is 28.7 Å². The smallest absolute Gasteiger partial charge is 0.387 e. The monoisotopic (exact) mass is 369 g/mol. The molecule has 0 saturated carbocycles. The number of rotatable bonds is 7. The molecule has 1 heterocycles. The molecule has 0 bridgehead atoms. The predicted octanol–water partition coefficient (Wildman–Crippen LogP) is 2.97. The summed E-state index contributed by atoms with van der Waals surface area (Å²) in [6, 6.07) is 5.59. The van der Waals surface area contributed by atoms with Crippen LogP contribution in [0.1, 0.15) is 17.7 Å². The van der Waals surface area contributed by atoms with Crippen molar-refractivity contribution in [3.05, 3.63) is 45.9 Å². The zero-order valence-corrected chi connectivity index (χ0v) is 14.5. The Hall–Kier alpha value is -2.42. The van der Waals surface area contributed by atoms with Crippen molar-refractivity contribution in [1.82, 2.24) is 9.97 Å². The van der Waals surface area contributed by atoms with E-state index >= 15 is 0 Å². The number of anilines is 1. The van der Waals surface area contributed by atoms with E-state index in [1.165, 1.54) is 36.0 Å². The van der Waals surface area contributed by atoms with Gasteiger partial charge in [0.15, 0.2) is 5.16 Å². The average molecular weight is 369 g/mol. The van der Waals surface area contributed by atoms with Crippen LogP contribution in [0.25, 0.3) is 0 Å². The molecule has 6 nitrogen and oxygen atoms in total. The highest BCUT2D eigenvalue weighted by Gasteiger charge is 2.11. The minimum Gasteiger partial charge on any atom is -0.435 e. The van der Waals surface area contributed by atoms with Crippen molar-refractivity contribution in [3.8, 4) is 5.75 Å². The molecular weight excluding hydrogens is 352 g/mol. The number of benzene rings is 1. The molecule has 25 heavy (non-hydrogen) atoms. The highest BCUT2D eigenvalue weighted by atomic mass is 32.2. The zero-order chi connectivity index (χ0) is 18.4. The van der Waals surface area contributed by atoms with Crippen LogP contribution in [0.4, 0.5) is 14.5 Å². The van der Waals surface area contributed by atoms with Gasteiger partial charge in [0.1, 0.15) is 5.75 Å². The normalized spacial score (nSPS) is 10.8. The van der Waals surface area contributed by atoms with Crippen molar-refractivity contribution in [2.75, 3.05) is 11.6 Å². The first-order valence-corrected chi connectivity index (χ1v) is 8.60. The van der Waals surface area contributed by atoms with Gasteiger partial charge in [-0.3, -0.25) is 9.59 Å². The minimum absolute atomic E-state index is 0.00937. The molecule has 1 amide bonds. The van der Waals surface area contributed by atoms with Crippen LogP contribution in [0.15, 0.2) is 34.2 Å². The lowest BCUT2D eigenvalue weighted by Crippen LogP contribution is -2.20. The first kappa shape index (κ1) is 18.9. The molecule has 0 fully saturated rings. The number of H-pyrrole nitrogens is 1. The molecule has 2 N–H and O–H groups in total. The van der Waals surface area contributed by atoms with E-state index in [0.29, 0.717) is 22.1 Å². The Morgan fingerprint density at radius 3 is 2.60 bits per heavy atom. The summed E-state index contributed by atoms with van der Waals surface area (Å²) in [6.45, 7) is -1.17. The maximum absolute atomic E-state index is 12.1. The number of carbonyl (C=O) groups is 1. The predicted molar refractivity (Wildman–Crippen MR) is 91.4 cm³/mol. The number of thioether (sulfide) groups is 1. The van der Waals surface area contributed by atoms with E-state index in [9.17, 15) is 18.4 Å². The Morgan fingerprint density at radius 2 is 2.04 bits per heavy atom. The summed E-state index contributed by atoms with van der Waals surface area (Å²) < 4.78 is 28.4. The second-order valence-electron chi connectivity index (χ2n) is 5.09. The van der Waals surface area contributed by atoms with Crippen molar-refractivity contribution >= 4 is 23.4 Å². The molecule has 0 radical (unpaired) electrons. The van der Waals surface area contributed by atoms with Crippen molar-refractivity contribution in [2.24, 2.45) is 0 Å². The summed E-state index contributed by atoms with van der Waals surface area (Å²) in [5, 5.41) is 3.16. The molecule has 0 spiro atoms. The van der Waals surface area contributed by atoms with Crippen LogP contribution in [-0.2, 0) is 11.2 Å². The number of halogens is 2. The SMILES string of the molecule is CSc1nc(C)c(CCC(=O)Nc2ccc(OC(F)F)cc2)c(=O)[nH]1. The van der Waals surface area contributed by atoms with Gasteiger partial charge in [-0.15, -0.1) is 0 Å². The van der Waals surface area contributed by atoms with Gasteiger partial charge in [0, 0.05) is 23.4 Å². The fraction of sp³-hybridized carbons (Fsp3) is 0.312. The lowest BCUT2D eigenvalue weighted by Gasteiger charge is -2.08. The first-order valence-electron chi connectivity index (χ1n) is 7.37. The Labute approximate surface area is 147 Å². The second kappa shape index (κ2) is 8.61. The maximum atomic E-state index is 12.1. The van der Waals surface area contributed by atoms with Crippen LogP contribution >= 0.6 is 11.8 Å². The molecule has 2 rings (SSSR count). The molecule has 1 aromatic heterocycles. The number of alkyl halides is 2. The molecular formula is C16H17F2N3O3S. The van der Waals surface area contributed by atoms with E-state index in [4.69, 9.17) is 0 Å². The third kappa shape index (κ3) is 5.56. The lowest BCUT2D eigenvalue weighted by molar-refractivity contribution is -0.116. The number of carbonyl (C=O) groups excluding carboxylic acids is 1. The molecule has 9 heteroatoms. The fourth-order valence-electron chi connectivity index (χ4n) is 2.16. The van der Waals surface area contributed by atoms with Gasteiger partial charge in [-0.1, -0.05) is 11.8 Å². The molecule has 0 aliphatic rings. The molecule has 2 aromatic rings. The van der Waals surface area contributed by atoms with Crippen LogP contribution in [0, 0.1) is 6.92 Å². The van der Waals surface area contributed by atoms with Crippen molar-refractivity contribution in [3.63, 3.8) is 0 Å². The number of amides is 1. The number of hydrogen-bond acceptors (Lipinski definition) is 5.